The van der Waals surface area contributed by atoms with Crippen molar-refractivity contribution in [3.05, 3.63) is 53.6 Å². The molecular formula is C20H24N2O5S. The molecule has 3 rings (SSSR count). The number of likely N-dealkylation sites (tertiary alicyclic amines) is 1. The molecule has 0 unspecified atom stereocenters. The van der Waals surface area contributed by atoms with E-state index in [2.05, 4.69) is 4.72 Å². The molecular weight excluding hydrogens is 380 g/mol. The molecule has 150 valence electrons. The summed E-state index contributed by atoms with van der Waals surface area (Å²) in [4.78, 5) is 14.8. The van der Waals surface area contributed by atoms with Crippen molar-refractivity contribution in [2.24, 2.45) is 0 Å². The molecule has 8 heteroatoms. The Morgan fingerprint density at radius 2 is 1.89 bits per heavy atom. The van der Waals surface area contributed by atoms with E-state index in [1.54, 1.807) is 12.0 Å². The third-order valence-electron chi connectivity index (χ3n) is 4.95. The van der Waals surface area contributed by atoms with Gasteiger partial charge in [0.15, 0.2) is 0 Å². The van der Waals surface area contributed by atoms with E-state index in [9.17, 15) is 18.3 Å². The second kappa shape index (κ2) is 7.71. The number of methoxy groups -OCH3 is 1. The Labute approximate surface area is 165 Å². The highest BCUT2D eigenvalue weighted by molar-refractivity contribution is 7.92. The highest BCUT2D eigenvalue weighted by atomic mass is 32.2. The van der Waals surface area contributed by atoms with Gasteiger partial charge in [-0.15, -0.1) is 0 Å². The van der Waals surface area contributed by atoms with E-state index in [0.717, 1.165) is 24.0 Å². The minimum absolute atomic E-state index is 0.00877. The van der Waals surface area contributed by atoms with Crippen LogP contribution in [0.3, 0.4) is 0 Å². The SMILES string of the molecule is COc1ccc([C@H]2C[C@@H](C)N(C(=O)c3cc(NS(C)(=O)=O)ccc3O)C2)cc1. The topological polar surface area (TPSA) is 95.9 Å². The van der Waals surface area contributed by atoms with Gasteiger partial charge in [0.1, 0.15) is 11.5 Å². The average Bonchev–Trinajstić information content (AvgIpc) is 3.03. The first kappa shape index (κ1) is 20.0. The standard InChI is InChI=1S/C20H24N2O5S/c1-13-10-15(14-4-7-17(27-2)8-5-14)12-22(13)20(24)18-11-16(6-9-19(18)23)21-28(3,25)26/h4-9,11,13,15,21,23H,10,12H2,1-3H3/t13-,15+/m1/s1. The van der Waals surface area contributed by atoms with E-state index >= 15 is 0 Å². The van der Waals surface area contributed by atoms with Crippen LogP contribution in [0.15, 0.2) is 42.5 Å². The number of ether oxygens (including phenoxy) is 1. The number of hydrogen-bond acceptors (Lipinski definition) is 5. The van der Waals surface area contributed by atoms with Gasteiger partial charge in [-0.25, -0.2) is 8.42 Å². The summed E-state index contributed by atoms with van der Waals surface area (Å²) >= 11 is 0. The maximum absolute atomic E-state index is 13.0. The molecule has 0 aliphatic carbocycles. The Kier molecular flexibility index (Phi) is 5.51. The molecule has 0 aromatic heterocycles. The van der Waals surface area contributed by atoms with Crippen molar-refractivity contribution >= 4 is 21.6 Å². The molecule has 0 radical (unpaired) electrons. The largest absolute Gasteiger partial charge is 0.507 e. The van der Waals surface area contributed by atoms with Gasteiger partial charge in [-0.05, 0) is 49.2 Å². The van der Waals surface area contributed by atoms with Crippen LogP contribution in [-0.4, -0.2) is 50.3 Å². The van der Waals surface area contributed by atoms with Gasteiger partial charge in [0.25, 0.3) is 5.91 Å². The van der Waals surface area contributed by atoms with Gasteiger partial charge in [0.2, 0.25) is 10.0 Å². The average molecular weight is 404 g/mol. The lowest BCUT2D eigenvalue weighted by molar-refractivity contribution is 0.0743. The second-order valence-electron chi connectivity index (χ2n) is 7.12. The summed E-state index contributed by atoms with van der Waals surface area (Å²) in [7, 11) is -1.86. The zero-order chi connectivity index (χ0) is 20.5. The lowest BCUT2D eigenvalue weighted by Crippen LogP contribution is -2.34. The van der Waals surface area contributed by atoms with Gasteiger partial charge in [-0.2, -0.15) is 0 Å². The van der Waals surface area contributed by atoms with Crippen molar-refractivity contribution in [1.29, 1.82) is 0 Å². The molecule has 2 atom stereocenters. The number of aromatic hydroxyl groups is 1. The van der Waals surface area contributed by atoms with Gasteiger partial charge < -0.3 is 14.7 Å². The molecule has 1 saturated heterocycles. The maximum atomic E-state index is 13.0. The highest BCUT2D eigenvalue weighted by Gasteiger charge is 2.34. The Morgan fingerprint density at radius 3 is 2.50 bits per heavy atom. The summed E-state index contributed by atoms with van der Waals surface area (Å²) in [6.45, 7) is 2.49. The summed E-state index contributed by atoms with van der Waals surface area (Å²) < 4.78 is 30.4. The van der Waals surface area contributed by atoms with Crippen LogP contribution in [-0.2, 0) is 10.0 Å². The minimum Gasteiger partial charge on any atom is -0.507 e. The van der Waals surface area contributed by atoms with E-state index in [4.69, 9.17) is 4.74 Å². The number of anilines is 1. The maximum Gasteiger partial charge on any atom is 0.257 e. The fourth-order valence-corrected chi connectivity index (χ4v) is 4.13. The van der Waals surface area contributed by atoms with Gasteiger partial charge in [-0.3, -0.25) is 9.52 Å². The molecule has 2 N–H and O–H groups in total. The molecule has 1 aliphatic heterocycles. The highest BCUT2D eigenvalue weighted by Crippen LogP contribution is 2.34. The van der Waals surface area contributed by atoms with E-state index in [-0.39, 0.29) is 34.9 Å². The molecule has 2 aromatic rings. The number of phenolic OH excluding ortho intramolecular Hbond substituents is 1. The summed E-state index contributed by atoms with van der Waals surface area (Å²) in [5, 5.41) is 10.2. The predicted molar refractivity (Wildman–Crippen MR) is 107 cm³/mol. The Bertz CT molecular complexity index is 973. The fourth-order valence-electron chi connectivity index (χ4n) is 3.57. The first-order chi connectivity index (χ1) is 13.2. The van der Waals surface area contributed by atoms with E-state index in [1.807, 2.05) is 31.2 Å². The van der Waals surface area contributed by atoms with E-state index in [0.29, 0.717) is 6.54 Å². The van der Waals surface area contributed by atoms with Crippen molar-refractivity contribution in [1.82, 2.24) is 4.90 Å². The van der Waals surface area contributed by atoms with Crippen molar-refractivity contribution in [3.8, 4) is 11.5 Å². The third kappa shape index (κ3) is 4.39. The summed E-state index contributed by atoms with van der Waals surface area (Å²) in [5.74, 6) is 0.467. The first-order valence-electron chi connectivity index (χ1n) is 8.93. The normalized spacial score (nSPS) is 19.5. The van der Waals surface area contributed by atoms with Crippen molar-refractivity contribution < 1.29 is 23.1 Å². The van der Waals surface area contributed by atoms with Crippen molar-refractivity contribution in [2.45, 2.75) is 25.3 Å². The zero-order valence-electron chi connectivity index (χ0n) is 16.0. The van der Waals surface area contributed by atoms with Gasteiger partial charge in [0, 0.05) is 24.2 Å². The van der Waals surface area contributed by atoms with Crippen LogP contribution in [0.25, 0.3) is 0 Å². The van der Waals surface area contributed by atoms with Gasteiger partial charge in [-0.1, -0.05) is 12.1 Å². The fraction of sp³-hybridized carbons (Fsp3) is 0.350. The molecule has 1 heterocycles. The molecule has 7 nitrogen and oxygen atoms in total. The monoisotopic (exact) mass is 404 g/mol. The third-order valence-corrected chi connectivity index (χ3v) is 5.56. The van der Waals surface area contributed by atoms with Crippen LogP contribution in [0, 0.1) is 0 Å². The smallest absolute Gasteiger partial charge is 0.257 e. The zero-order valence-corrected chi connectivity index (χ0v) is 16.9. The van der Waals surface area contributed by atoms with Crippen molar-refractivity contribution in [3.63, 3.8) is 0 Å². The number of rotatable bonds is 5. The molecule has 1 aliphatic rings. The quantitative estimate of drug-likeness (QED) is 0.747. The molecule has 2 aromatic carbocycles. The first-order valence-corrected chi connectivity index (χ1v) is 10.8. The van der Waals surface area contributed by atoms with Gasteiger partial charge >= 0.3 is 0 Å². The number of benzene rings is 2. The number of amides is 1. The number of carbonyl (C=O) groups is 1. The number of phenols is 1. The summed E-state index contributed by atoms with van der Waals surface area (Å²) in [6.07, 6.45) is 1.84. The number of sulfonamides is 1. The number of nitrogens with zero attached hydrogens (tertiary/aromatic N) is 1. The van der Waals surface area contributed by atoms with Crippen LogP contribution in [0.2, 0.25) is 0 Å². The number of nitrogens with one attached hydrogen (secondary N) is 1. The van der Waals surface area contributed by atoms with Crippen LogP contribution < -0.4 is 9.46 Å². The van der Waals surface area contributed by atoms with Crippen LogP contribution >= 0.6 is 0 Å². The Hall–Kier alpha value is -2.74. The second-order valence-corrected chi connectivity index (χ2v) is 8.87. The molecule has 0 saturated carbocycles. The van der Waals surface area contributed by atoms with E-state index in [1.165, 1.54) is 18.2 Å². The number of hydrogen-bond donors (Lipinski definition) is 2. The van der Waals surface area contributed by atoms with Crippen LogP contribution in [0.4, 0.5) is 5.69 Å². The van der Waals surface area contributed by atoms with E-state index < -0.39 is 10.0 Å². The van der Waals surface area contributed by atoms with Crippen LogP contribution in [0.5, 0.6) is 11.5 Å². The number of carbonyl (C=O) groups excluding carboxylic acids is 1. The Morgan fingerprint density at radius 1 is 1.21 bits per heavy atom. The van der Waals surface area contributed by atoms with Gasteiger partial charge in [0.05, 0.1) is 18.9 Å². The molecule has 28 heavy (non-hydrogen) atoms. The molecule has 0 bridgehead atoms. The van der Waals surface area contributed by atoms with Crippen molar-refractivity contribution in [2.75, 3.05) is 24.6 Å². The summed E-state index contributed by atoms with van der Waals surface area (Å²) in [5.41, 5.74) is 1.44. The lowest BCUT2D eigenvalue weighted by atomic mass is 9.97. The predicted octanol–water partition coefficient (Wildman–Crippen LogP) is 2.79. The Balaban J connectivity index is 1.81. The van der Waals surface area contributed by atoms with Crippen LogP contribution in [0.1, 0.15) is 35.2 Å². The molecule has 0 spiro atoms. The minimum atomic E-state index is -3.48. The molecule has 1 amide bonds. The summed E-state index contributed by atoms with van der Waals surface area (Å²) in [6, 6.07) is 11.9. The lowest BCUT2D eigenvalue weighted by Gasteiger charge is -2.22. The molecule has 1 fully saturated rings.